The third-order valence-electron chi connectivity index (χ3n) is 3.88. The number of carbonyl (C=O) groups is 2. The predicted octanol–water partition coefficient (Wildman–Crippen LogP) is 3.02. The predicted molar refractivity (Wildman–Crippen MR) is 101 cm³/mol. The first-order chi connectivity index (χ1) is 12.4. The SMILES string of the molecule is CC(C)N(Cc1ccccc1)C(=O)COC(=O)c1ccccc1[S@@](C)=O. The summed E-state index contributed by atoms with van der Waals surface area (Å²) in [5.74, 6) is -0.917. The second kappa shape index (κ2) is 9.29. The third kappa shape index (κ3) is 5.26. The lowest BCUT2D eigenvalue weighted by atomic mass is 10.2. The number of benzene rings is 2. The number of nitrogens with zero attached hydrogens (tertiary/aromatic N) is 1. The molecule has 1 atom stereocenters. The van der Waals surface area contributed by atoms with Crippen LogP contribution in [0, 0.1) is 0 Å². The summed E-state index contributed by atoms with van der Waals surface area (Å²) in [7, 11) is -1.31. The molecule has 2 aromatic rings. The fourth-order valence-corrected chi connectivity index (χ4v) is 3.24. The number of esters is 1. The molecule has 0 bridgehead atoms. The fraction of sp³-hybridized carbons (Fsp3) is 0.300. The van der Waals surface area contributed by atoms with Crippen molar-refractivity contribution in [3.63, 3.8) is 0 Å². The topological polar surface area (TPSA) is 63.7 Å². The third-order valence-corrected chi connectivity index (χ3v) is 4.86. The van der Waals surface area contributed by atoms with Gasteiger partial charge < -0.3 is 9.64 Å². The Balaban J connectivity index is 2.04. The summed E-state index contributed by atoms with van der Waals surface area (Å²) in [5.41, 5.74) is 1.23. The van der Waals surface area contributed by atoms with Crippen molar-refractivity contribution in [2.24, 2.45) is 0 Å². The number of ether oxygens (including phenoxy) is 1. The second-order valence-corrected chi connectivity index (χ2v) is 7.48. The van der Waals surface area contributed by atoms with E-state index in [1.165, 1.54) is 6.26 Å². The van der Waals surface area contributed by atoms with E-state index in [0.717, 1.165) is 5.56 Å². The summed E-state index contributed by atoms with van der Waals surface area (Å²) in [4.78, 5) is 26.9. The van der Waals surface area contributed by atoms with Gasteiger partial charge in [-0.15, -0.1) is 0 Å². The van der Waals surface area contributed by atoms with Gasteiger partial charge in [0.15, 0.2) is 6.61 Å². The Morgan fingerprint density at radius 3 is 2.27 bits per heavy atom. The van der Waals surface area contributed by atoms with Crippen LogP contribution in [-0.2, 0) is 26.9 Å². The van der Waals surface area contributed by atoms with Crippen molar-refractivity contribution < 1.29 is 18.5 Å². The summed E-state index contributed by atoms with van der Waals surface area (Å²) in [6.45, 7) is 3.93. The van der Waals surface area contributed by atoms with Gasteiger partial charge in [0.05, 0.1) is 21.3 Å². The van der Waals surface area contributed by atoms with Crippen molar-refractivity contribution in [3.05, 3.63) is 65.7 Å². The van der Waals surface area contributed by atoms with Crippen LogP contribution in [0.1, 0.15) is 29.8 Å². The molecule has 1 amide bonds. The quantitative estimate of drug-likeness (QED) is 0.700. The molecule has 6 heteroatoms. The maximum absolute atomic E-state index is 12.5. The molecule has 0 aromatic heterocycles. The minimum absolute atomic E-state index is 0.0307. The Kier molecular flexibility index (Phi) is 7.09. The lowest BCUT2D eigenvalue weighted by Gasteiger charge is -2.26. The molecule has 0 spiro atoms. The zero-order valence-electron chi connectivity index (χ0n) is 15.2. The van der Waals surface area contributed by atoms with E-state index in [2.05, 4.69) is 0 Å². The highest BCUT2D eigenvalue weighted by Crippen LogP contribution is 2.14. The van der Waals surface area contributed by atoms with Gasteiger partial charge in [-0.2, -0.15) is 0 Å². The van der Waals surface area contributed by atoms with Crippen LogP contribution in [0.5, 0.6) is 0 Å². The van der Waals surface area contributed by atoms with Crippen molar-refractivity contribution in [3.8, 4) is 0 Å². The Morgan fingerprint density at radius 2 is 1.65 bits per heavy atom. The Labute approximate surface area is 156 Å². The summed E-state index contributed by atoms with van der Waals surface area (Å²) < 4.78 is 16.9. The molecule has 26 heavy (non-hydrogen) atoms. The van der Waals surface area contributed by atoms with Crippen LogP contribution in [0.2, 0.25) is 0 Å². The molecule has 5 nitrogen and oxygen atoms in total. The Bertz CT molecular complexity index is 789. The lowest BCUT2D eigenvalue weighted by Crippen LogP contribution is -2.39. The van der Waals surface area contributed by atoms with Gasteiger partial charge in [0.2, 0.25) is 0 Å². The van der Waals surface area contributed by atoms with E-state index in [9.17, 15) is 13.8 Å². The standard InChI is InChI=1S/C20H23NO4S/c1-15(2)21(13-16-9-5-4-6-10-16)19(22)14-25-20(23)17-11-7-8-12-18(17)26(3)24/h4-12,15H,13-14H2,1-3H3/t26-/m1/s1. The van der Waals surface area contributed by atoms with Crippen LogP contribution < -0.4 is 0 Å². The fourth-order valence-electron chi connectivity index (χ4n) is 2.51. The first-order valence-electron chi connectivity index (χ1n) is 8.33. The summed E-state index contributed by atoms with van der Waals surface area (Å²) in [6.07, 6.45) is 1.50. The Hall–Kier alpha value is -2.47. The smallest absolute Gasteiger partial charge is 0.339 e. The molecule has 2 aromatic carbocycles. The van der Waals surface area contributed by atoms with E-state index in [1.807, 2.05) is 44.2 Å². The van der Waals surface area contributed by atoms with E-state index < -0.39 is 16.8 Å². The van der Waals surface area contributed by atoms with Crippen LogP contribution in [-0.4, -0.2) is 39.9 Å². The summed E-state index contributed by atoms with van der Waals surface area (Å²) >= 11 is 0. The van der Waals surface area contributed by atoms with E-state index >= 15 is 0 Å². The number of amides is 1. The highest BCUT2D eigenvalue weighted by Gasteiger charge is 2.21. The van der Waals surface area contributed by atoms with Crippen molar-refractivity contribution >= 4 is 22.7 Å². The second-order valence-electron chi connectivity index (χ2n) is 6.13. The van der Waals surface area contributed by atoms with Crippen LogP contribution in [0.3, 0.4) is 0 Å². The average Bonchev–Trinajstić information content (AvgIpc) is 2.64. The minimum Gasteiger partial charge on any atom is -0.452 e. The summed E-state index contributed by atoms with van der Waals surface area (Å²) in [6, 6.07) is 16.2. The van der Waals surface area contributed by atoms with Gasteiger partial charge in [-0.3, -0.25) is 9.00 Å². The number of hydrogen-bond acceptors (Lipinski definition) is 4. The highest BCUT2D eigenvalue weighted by molar-refractivity contribution is 7.84. The van der Waals surface area contributed by atoms with E-state index in [4.69, 9.17) is 4.74 Å². The summed E-state index contributed by atoms with van der Waals surface area (Å²) in [5, 5.41) is 0. The van der Waals surface area contributed by atoms with Crippen LogP contribution in [0.15, 0.2) is 59.5 Å². The molecule has 0 aliphatic heterocycles. The van der Waals surface area contributed by atoms with Crippen molar-refractivity contribution in [1.29, 1.82) is 0 Å². The number of carbonyl (C=O) groups excluding carboxylic acids is 2. The normalized spacial score (nSPS) is 11.8. The van der Waals surface area contributed by atoms with Crippen LogP contribution in [0.25, 0.3) is 0 Å². The van der Waals surface area contributed by atoms with Gasteiger partial charge in [0, 0.05) is 18.8 Å². The van der Waals surface area contributed by atoms with Gasteiger partial charge in [-0.1, -0.05) is 42.5 Å². The molecule has 0 heterocycles. The maximum Gasteiger partial charge on any atom is 0.339 e. The van der Waals surface area contributed by atoms with Crippen molar-refractivity contribution in [2.75, 3.05) is 12.9 Å². The zero-order chi connectivity index (χ0) is 19.1. The monoisotopic (exact) mass is 373 g/mol. The molecular weight excluding hydrogens is 350 g/mol. The molecule has 0 radical (unpaired) electrons. The first-order valence-corrected chi connectivity index (χ1v) is 9.89. The molecular formula is C20H23NO4S. The van der Waals surface area contributed by atoms with Gasteiger partial charge >= 0.3 is 5.97 Å². The molecule has 0 fully saturated rings. The largest absolute Gasteiger partial charge is 0.452 e. The minimum atomic E-state index is -1.31. The molecule has 138 valence electrons. The molecule has 0 N–H and O–H groups in total. The number of rotatable bonds is 7. The van der Waals surface area contributed by atoms with E-state index in [0.29, 0.717) is 11.4 Å². The highest BCUT2D eigenvalue weighted by atomic mass is 32.2. The Morgan fingerprint density at radius 1 is 1.04 bits per heavy atom. The molecule has 0 unspecified atom stereocenters. The van der Waals surface area contributed by atoms with E-state index in [-0.39, 0.29) is 24.1 Å². The average molecular weight is 373 g/mol. The van der Waals surface area contributed by atoms with Crippen LogP contribution >= 0.6 is 0 Å². The van der Waals surface area contributed by atoms with Crippen molar-refractivity contribution in [2.45, 2.75) is 31.3 Å². The zero-order valence-corrected chi connectivity index (χ0v) is 16.0. The molecule has 0 aliphatic carbocycles. The number of hydrogen-bond donors (Lipinski definition) is 0. The van der Waals surface area contributed by atoms with Gasteiger partial charge in [-0.05, 0) is 31.5 Å². The molecule has 2 rings (SSSR count). The van der Waals surface area contributed by atoms with Gasteiger partial charge in [0.25, 0.3) is 5.91 Å². The molecule has 0 aliphatic rings. The lowest BCUT2D eigenvalue weighted by molar-refractivity contribution is -0.136. The van der Waals surface area contributed by atoms with Gasteiger partial charge in [-0.25, -0.2) is 4.79 Å². The molecule has 0 saturated heterocycles. The van der Waals surface area contributed by atoms with E-state index in [1.54, 1.807) is 29.2 Å². The van der Waals surface area contributed by atoms with Crippen LogP contribution in [0.4, 0.5) is 0 Å². The maximum atomic E-state index is 12.5. The first kappa shape index (κ1) is 19.8. The van der Waals surface area contributed by atoms with Crippen molar-refractivity contribution in [1.82, 2.24) is 4.90 Å². The molecule has 0 saturated carbocycles. The van der Waals surface area contributed by atoms with Gasteiger partial charge in [0.1, 0.15) is 0 Å².